The minimum absolute atomic E-state index is 0.0532. The zero-order chi connectivity index (χ0) is 19.3. The summed E-state index contributed by atoms with van der Waals surface area (Å²) in [6.45, 7) is 3.48. The second-order valence-electron chi connectivity index (χ2n) is 5.88. The molecule has 0 bridgehead atoms. The van der Waals surface area contributed by atoms with E-state index >= 15 is 0 Å². The Morgan fingerprint density at radius 2 is 1.81 bits per heavy atom. The molecule has 0 atom stereocenters. The molecule has 2 rings (SSSR count). The molecular weight excluding hydrogens is 358 g/mol. The number of methoxy groups -OCH3 is 1. The fourth-order valence-corrected chi connectivity index (χ4v) is 3.50. The Hall–Kier alpha value is -2.74. The van der Waals surface area contributed by atoms with Gasteiger partial charge in [0.2, 0.25) is 0 Å². The van der Waals surface area contributed by atoms with Gasteiger partial charge in [0.15, 0.2) is 6.61 Å². The zero-order valence-electron chi connectivity index (χ0n) is 14.7. The van der Waals surface area contributed by atoms with E-state index in [1.165, 1.54) is 31.4 Å². The van der Waals surface area contributed by atoms with Crippen LogP contribution >= 0.6 is 0 Å². The second kappa shape index (κ2) is 8.09. The van der Waals surface area contributed by atoms with E-state index in [9.17, 15) is 13.2 Å². The number of carbonyl (C=O) groups is 1. The number of ether oxygens (including phenoxy) is 2. The Morgan fingerprint density at radius 3 is 2.35 bits per heavy atom. The van der Waals surface area contributed by atoms with Crippen molar-refractivity contribution < 1.29 is 27.8 Å². The highest BCUT2D eigenvalue weighted by molar-refractivity contribution is 7.92. The molecule has 0 unspecified atom stereocenters. The standard InChI is InChI=1S/C18H21NO6S/c1-12(2)13-4-9-16(24-3)17(10-13)26(22,23)19-14-5-7-15(8-6-14)25-11-18(20)21/h4-10,12,19H,11H2,1-3H3,(H,20,21). The molecule has 2 aromatic carbocycles. The van der Waals surface area contributed by atoms with Crippen molar-refractivity contribution in [3.8, 4) is 11.5 Å². The van der Waals surface area contributed by atoms with Crippen LogP contribution in [0, 0.1) is 0 Å². The highest BCUT2D eigenvalue weighted by Crippen LogP contribution is 2.29. The molecule has 0 spiro atoms. The van der Waals surface area contributed by atoms with Gasteiger partial charge < -0.3 is 14.6 Å². The van der Waals surface area contributed by atoms with Crippen LogP contribution in [0.25, 0.3) is 0 Å². The van der Waals surface area contributed by atoms with Gasteiger partial charge in [0.05, 0.1) is 7.11 Å². The molecule has 2 N–H and O–H groups in total. The minimum atomic E-state index is -3.86. The quantitative estimate of drug-likeness (QED) is 0.731. The molecule has 140 valence electrons. The Morgan fingerprint density at radius 1 is 1.15 bits per heavy atom. The molecule has 0 saturated heterocycles. The molecule has 0 aliphatic heterocycles. The first-order valence-electron chi connectivity index (χ1n) is 7.88. The summed E-state index contributed by atoms with van der Waals surface area (Å²) in [4.78, 5) is 10.5. The third-order valence-corrected chi connectivity index (χ3v) is 5.02. The van der Waals surface area contributed by atoms with Gasteiger partial charge in [-0.05, 0) is 47.9 Å². The van der Waals surface area contributed by atoms with Crippen LogP contribution in [0.1, 0.15) is 25.3 Å². The molecule has 0 radical (unpaired) electrons. The van der Waals surface area contributed by atoms with Gasteiger partial charge >= 0.3 is 5.97 Å². The third-order valence-electron chi connectivity index (χ3n) is 3.61. The van der Waals surface area contributed by atoms with E-state index in [1.54, 1.807) is 12.1 Å². The van der Waals surface area contributed by atoms with Gasteiger partial charge in [0.25, 0.3) is 10.0 Å². The molecule has 26 heavy (non-hydrogen) atoms. The van der Waals surface area contributed by atoms with E-state index < -0.39 is 22.6 Å². The summed E-state index contributed by atoms with van der Waals surface area (Å²) < 4.78 is 38.2. The highest BCUT2D eigenvalue weighted by Gasteiger charge is 2.21. The van der Waals surface area contributed by atoms with Crippen molar-refractivity contribution in [1.29, 1.82) is 0 Å². The van der Waals surface area contributed by atoms with Crippen molar-refractivity contribution in [3.63, 3.8) is 0 Å². The Balaban J connectivity index is 2.25. The molecule has 0 aromatic heterocycles. The molecule has 0 aliphatic carbocycles. The smallest absolute Gasteiger partial charge is 0.341 e. The molecule has 0 fully saturated rings. The van der Waals surface area contributed by atoms with Crippen molar-refractivity contribution in [2.45, 2.75) is 24.7 Å². The Bertz CT molecular complexity index is 875. The molecule has 8 heteroatoms. The first-order chi connectivity index (χ1) is 12.2. The maximum atomic E-state index is 12.8. The molecule has 2 aromatic rings. The van der Waals surface area contributed by atoms with Gasteiger partial charge in [0.1, 0.15) is 16.4 Å². The van der Waals surface area contributed by atoms with Crippen molar-refractivity contribution in [2.75, 3.05) is 18.4 Å². The van der Waals surface area contributed by atoms with Crippen LogP contribution in [-0.2, 0) is 14.8 Å². The van der Waals surface area contributed by atoms with E-state index in [0.29, 0.717) is 11.4 Å². The van der Waals surface area contributed by atoms with Crippen LogP contribution < -0.4 is 14.2 Å². The monoisotopic (exact) mass is 379 g/mol. The average molecular weight is 379 g/mol. The number of carboxylic acids is 1. The Kier molecular flexibility index (Phi) is 6.10. The van der Waals surface area contributed by atoms with Crippen molar-refractivity contribution in [1.82, 2.24) is 0 Å². The second-order valence-corrected chi connectivity index (χ2v) is 7.53. The third kappa shape index (κ3) is 4.89. The maximum absolute atomic E-state index is 12.8. The van der Waals surface area contributed by atoms with Crippen LogP contribution in [0.4, 0.5) is 5.69 Å². The van der Waals surface area contributed by atoms with Gasteiger partial charge in [-0.15, -0.1) is 0 Å². The molecule has 0 amide bonds. The van der Waals surface area contributed by atoms with E-state index in [-0.39, 0.29) is 16.6 Å². The van der Waals surface area contributed by atoms with Gasteiger partial charge in [-0.3, -0.25) is 4.72 Å². The number of benzene rings is 2. The molecule has 7 nitrogen and oxygen atoms in total. The minimum Gasteiger partial charge on any atom is -0.495 e. The lowest BCUT2D eigenvalue weighted by molar-refractivity contribution is -0.139. The van der Waals surface area contributed by atoms with Gasteiger partial charge in [0, 0.05) is 5.69 Å². The van der Waals surface area contributed by atoms with Crippen molar-refractivity contribution in [2.24, 2.45) is 0 Å². The van der Waals surface area contributed by atoms with Gasteiger partial charge in [-0.25, -0.2) is 13.2 Å². The first-order valence-corrected chi connectivity index (χ1v) is 9.36. The average Bonchev–Trinajstić information content (AvgIpc) is 2.60. The lowest BCUT2D eigenvalue weighted by Gasteiger charge is -2.14. The molecule has 0 aliphatic rings. The molecular formula is C18H21NO6S. The zero-order valence-corrected chi connectivity index (χ0v) is 15.5. The first kappa shape index (κ1) is 19.6. The lowest BCUT2D eigenvalue weighted by Crippen LogP contribution is -2.14. The number of aliphatic carboxylic acids is 1. The Labute approximate surface area is 152 Å². The fraction of sp³-hybridized carbons (Fsp3) is 0.278. The summed E-state index contributed by atoms with van der Waals surface area (Å²) in [5, 5.41) is 8.59. The van der Waals surface area contributed by atoms with Crippen LogP contribution in [0.5, 0.6) is 11.5 Å². The predicted octanol–water partition coefficient (Wildman–Crippen LogP) is 3.08. The number of hydrogen-bond donors (Lipinski definition) is 2. The number of carboxylic acid groups (broad SMARTS) is 1. The van der Waals surface area contributed by atoms with Crippen LogP contribution in [-0.4, -0.2) is 33.2 Å². The highest BCUT2D eigenvalue weighted by atomic mass is 32.2. The number of nitrogens with one attached hydrogen (secondary N) is 1. The van der Waals surface area contributed by atoms with Gasteiger partial charge in [-0.1, -0.05) is 19.9 Å². The fourth-order valence-electron chi connectivity index (χ4n) is 2.24. The topological polar surface area (TPSA) is 102 Å². The summed E-state index contributed by atoms with van der Waals surface area (Å²) in [7, 11) is -2.45. The summed E-state index contributed by atoms with van der Waals surface area (Å²) in [5.41, 5.74) is 1.20. The van der Waals surface area contributed by atoms with E-state index in [1.807, 2.05) is 19.9 Å². The number of hydrogen-bond acceptors (Lipinski definition) is 5. The van der Waals surface area contributed by atoms with Crippen LogP contribution in [0.3, 0.4) is 0 Å². The number of anilines is 1. The number of sulfonamides is 1. The number of rotatable bonds is 8. The summed E-state index contributed by atoms with van der Waals surface area (Å²) >= 11 is 0. The summed E-state index contributed by atoms with van der Waals surface area (Å²) in [5.74, 6) is -0.342. The van der Waals surface area contributed by atoms with Gasteiger partial charge in [-0.2, -0.15) is 0 Å². The molecule has 0 heterocycles. The van der Waals surface area contributed by atoms with Crippen molar-refractivity contribution in [3.05, 3.63) is 48.0 Å². The SMILES string of the molecule is COc1ccc(C(C)C)cc1S(=O)(=O)Nc1ccc(OCC(=O)O)cc1. The summed E-state index contributed by atoms with van der Waals surface area (Å²) in [6, 6.07) is 11.0. The van der Waals surface area contributed by atoms with E-state index in [0.717, 1.165) is 5.56 Å². The van der Waals surface area contributed by atoms with E-state index in [2.05, 4.69) is 4.72 Å². The largest absolute Gasteiger partial charge is 0.495 e. The van der Waals surface area contributed by atoms with Crippen LogP contribution in [0.2, 0.25) is 0 Å². The lowest BCUT2D eigenvalue weighted by atomic mass is 10.0. The predicted molar refractivity (Wildman–Crippen MR) is 97.5 cm³/mol. The maximum Gasteiger partial charge on any atom is 0.341 e. The van der Waals surface area contributed by atoms with Crippen molar-refractivity contribution >= 4 is 21.7 Å². The van der Waals surface area contributed by atoms with E-state index in [4.69, 9.17) is 14.6 Å². The summed E-state index contributed by atoms with van der Waals surface area (Å²) in [6.07, 6.45) is 0. The normalized spacial score (nSPS) is 11.2. The van der Waals surface area contributed by atoms with Crippen LogP contribution in [0.15, 0.2) is 47.4 Å². The molecule has 0 saturated carbocycles.